The van der Waals surface area contributed by atoms with Gasteiger partial charge >= 0.3 is 0 Å². The molecule has 1 N–H and O–H groups in total. The average molecular weight is 360 g/mol. The van der Waals surface area contributed by atoms with Gasteiger partial charge in [-0.15, -0.1) is 0 Å². The number of nitrogens with zero attached hydrogens (tertiary/aromatic N) is 3. The number of benzene rings is 2. The fourth-order valence-electron chi connectivity index (χ4n) is 2.46. The lowest BCUT2D eigenvalue weighted by atomic mass is 10.2. The standard InChI is InChI=1S/C18H21FN4O3/c1-20-18(21-11-13-4-7-15(8-5-13)23(24)25)22(2)12-14-6-9-17(26-3)16(19)10-14/h4-10H,11-12H2,1-3H3,(H,20,21). The van der Waals surface area contributed by atoms with Crippen LogP contribution in [0.5, 0.6) is 5.75 Å². The minimum Gasteiger partial charge on any atom is -0.494 e. The Hall–Kier alpha value is -3.16. The molecular formula is C18H21FN4O3. The minimum absolute atomic E-state index is 0.0526. The monoisotopic (exact) mass is 360 g/mol. The summed E-state index contributed by atoms with van der Waals surface area (Å²) in [6.07, 6.45) is 0. The van der Waals surface area contributed by atoms with E-state index in [4.69, 9.17) is 4.74 Å². The zero-order valence-electron chi connectivity index (χ0n) is 14.9. The van der Waals surface area contributed by atoms with Crippen molar-refractivity contribution in [1.29, 1.82) is 0 Å². The van der Waals surface area contributed by atoms with Gasteiger partial charge in [-0.25, -0.2) is 4.39 Å². The van der Waals surface area contributed by atoms with Crippen molar-refractivity contribution in [1.82, 2.24) is 10.2 Å². The lowest BCUT2D eigenvalue weighted by Gasteiger charge is -2.22. The van der Waals surface area contributed by atoms with Crippen LogP contribution in [0, 0.1) is 15.9 Å². The first kappa shape index (κ1) is 19.2. The maximum absolute atomic E-state index is 13.8. The van der Waals surface area contributed by atoms with Crippen LogP contribution < -0.4 is 10.1 Å². The maximum Gasteiger partial charge on any atom is 0.269 e. The van der Waals surface area contributed by atoms with Gasteiger partial charge in [-0.1, -0.05) is 18.2 Å². The predicted molar refractivity (Wildman–Crippen MR) is 97.7 cm³/mol. The molecule has 0 amide bonds. The Kier molecular flexibility index (Phi) is 6.48. The van der Waals surface area contributed by atoms with Gasteiger partial charge in [0.1, 0.15) is 0 Å². The van der Waals surface area contributed by atoms with Crippen LogP contribution in [0.2, 0.25) is 0 Å². The molecule has 0 fully saturated rings. The lowest BCUT2D eigenvalue weighted by Crippen LogP contribution is -2.38. The second-order valence-electron chi connectivity index (χ2n) is 5.65. The zero-order valence-corrected chi connectivity index (χ0v) is 14.9. The van der Waals surface area contributed by atoms with E-state index in [2.05, 4.69) is 10.3 Å². The summed E-state index contributed by atoms with van der Waals surface area (Å²) < 4.78 is 18.7. The molecular weight excluding hydrogens is 339 g/mol. The van der Waals surface area contributed by atoms with Crippen LogP contribution >= 0.6 is 0 Å². The van der Waals surface area contributed by atoms with Gasteiger partial charge in [-0.2, -0.15) is 0 Å². The summed E-state index contributed by atoms with van der Waals surface area (Å²) in [5, 5.41) is 13.9. The first-order chi connectivity index (χ1) is 12.4. The van der Waals surface area contributed by atoms with Crippen molar-refractivity contribution >= 4 is 11.6 Å². The number of nitro groups is 1. The minimum atomic E-state index is -0.433. The SMILES string of the molecule is CN=C(NCc1ccc([N+](=O)[O-])cc1)N(C)Cc1ccc(OC)c(F)c1. The van der Waals surface area contributed by atoms with Crippen LogP contribution in [0.4, 0.5) is 10.1 Å². The number of non-ortho nitro benzene ring substituents is 1. The largest absolute Gasteiger partial charge is 0.494 e. The molecule has 2 aromatic carbocycles. The Morgan fingerprint density at radius 3 is 2.46 bits per heavy atom. The Bertz CT molecular complexity index is 794. The number of guanidine groups is 1. The van der Waals surface area contributed by atoms with Crippen molar-refractivity contribution in [2.24, 2.45) is 4.99 Å². The van der Waals surface area contributed by atoms with Crippen LogP contribution in [0.25, 0.3) is 0 Å². The maximum atomic E-state index is 13.8. The number of hydrogen-bond acceptors (Lipinski definition) is 4. The number of nitro benzene ring substituents is 1. The molecule has 26 heavy (non-hydrogen) atoms. The quantitative estimate of drug-likeness (QED) is 0.371. The lowest BCUT2D eigenvalue weighted by molar-refractivity contribution is -0.384. The summed E-state index contributed by atoms with van der Waals surface area (Å²) >= 11 is 0. The Balaban J connectivity index is 1.97. The molecule has 8 heteroatoms. The van der Waals surface area contributed by atoms with E-state index < -0.39 is 10.7 Å². The normalized spacial score (nSPS) is 11.2. The highest BCUT2D eigenvalue weighted by Gasteiger charge is 2.10. The van der Waals surface area contributed by atoms with Gasteiger partial charge in [-0.05, 0) is 23.3 Å². The fourth-order valence-corrected chi connectivity index (χ4v) is 2.46. The van der Waals surface area contributed by atoms with E-state index in [1.165, 1.54) is 25.3 Å². The van der Waals surface area contributed by atoms with Crippen LogP contribution in [0.1, 0.15) is 11.1 Å². The molecule has 0 aromatic heterocycles. The summed E-state index contributed by atoms with van der Waals surface area (Å²) in [5.41, 5.74) is 1.72. The van der Waals surface area contributed by atoms with E-state index >= 15 is 0 Å². The third-order valence-electron chi connectivity index (χ3n) is 3.81. The third kappa shape index (κ3) is 4.92. The van der Waals surface area contributed by atoms with E-state index in [1.807, 2.05) is 11.9 Å². The Morgan fingerprint density at radius 2 is 1.92 bits per heavy atom. The predicted octanol–water partition coefficient (Wildman–Crippen LogP) is 2.95. The molecule has 0 radical (unpaired) electrons. The number of hydrogen-bond donors (Lipinski definition) is 1. The molecule has 0 heterocycles. The van der Waals surface area contributed by atoms with Gasteiger partial charge < -0.3 is 15.0 Å². The molecule has 0 aliphatic carbocycles. The van der Waals surface area contributed by atoms with Crippen LogP contribution in [-0.4, -0.2) is 37.0 Å². The highest BCUT2D eigenvalue weighted by molar-refractivity contribution is 5.79. The number of nitrogens with one attached hydrogen (secondary N) is 1. The molecule has 2 aromatic rings. The Labute approximate surface area is 151 Å². The summed E-state index contributed by atoms with van der Waals surface area (Å²) in [7, 11) is 4.92. The molecule has 0 atom stereocenters. The highest BCUT2D eigenvalue weighted by atomic mass is 19.1. The van der Waals surface area contributed by atoms with Gasteiger partial charge in [0.15, 0.2) is 17.5 Å². The molecule has 0 aliphatic heterocycles. The summed E-state index contributed by atoms with van der Waals surface area (Å²) in [5.74, 6) is 0.420. The first-order valence-electron chi connectivity index (χ1n) is 7.92. The van der Waals surface area contributed by atoms with Gasteiger partial charge in [0.05, 0.1) is 12.0 Å². The summed E-state index contributed by atoms with van der Waals surface area (Å²) in [6.45, 7) is 0.923. The van der Waals surface area contributed by atoms with E-state index in [9.17, 15) is 14.5 Å². The van der Waals surface area contributed by atoms with Crippen molar-refractivity contribution < 1.29 is 14.1 Å². The highest BCUT2D eigenvalue weighted by Crippen LogP contribution is 2.18. The van der Waals surface area contributed by atoms with Gasteiger partial charge in [-0.3, -0.25) is 15.1 Å². The van der Waals surface area contributed by atoms with Crippen molar-refractivity contribution in [3.63, 3.8) is 0 Å². The Morgan fingerprint density at radius 1 is 1.27 bits per heavy atom. The fraction of sp³-hybridized carbons (Fsp3) is 0.278. The molecule has 2 rings (SSSR count). The molecule has 0 saturated carbocycles. The van der Waals surface area contributed by atoms with Crippen LogP contribution in [-0.2, 0) is 13.1 Å². The molecule has 0 aliphatic rings. The first-order valence-corrected chi connectivity index (χ1v) is 7.92. The van der Waals surface area contributed by atoms with Gasteiger partial charge in [0.2, 0.25) is 0 Å². The number of aliphatic imine (C=N–C) groups is 1. The zero-order chi connectivity index (χ0) is 19.1. The summed E-state index contributed by atoms with van der Waals surface area (Å²) in [6, 6.07) is 11.1. The van der Waals surface area contributed by atoms with Gasteiger partial charge in [0, 0.05) is 39.3 Å². The van der Waals surface area contributed by atoms with Crippen molar-refractivity contribution in [3.05, 3.63) is 69.5 Å². The molecule has 0 unspecified atom stereocenters. The van der Waals surface area contributed by atoms with Crippen molar-refractivity contribution in [3.8, 4) is 5.75 Å². The molecule has 0 bridgehead atoms. The average Bonchev–Trinajstić information content (AvgIpc) is 2.62. The number of halogens is 1. The number of rotatable bonds is 6. The number of methoxy groups -OCH3 is 1. The van der Waals surface area contributed by atoms with E-state index in [0.29, 0.717) is 19.0 Å². The van der Waals surface area contributed by atoms with Crippen LogP contribution in [0.3, 0.4) is 0 Å². The molecule has 7 nitrogen and oxygen atoms in total. The van der Waals surface area contributed by atoms with E-state index in [1.54, 1.807) is 31.3 Å². The smallest absolute Gasteiger partial charge is 0.269 e. The molecule has 0 saturated heterocycles. The van der Waals surface area contributed by atoms with Crippen molar-refractivity contribution in [2.45, 2.75) is 13.1 Å². The van der Waals surface area contributed by atoms with E-state index in [-0.39, 0.29) is 11.4 Å². The van der Waals surface area contributed by atoms with E-state index in [0.717, 1.165) is 11.1 Å². The van der Waals surface area contributed by atoms with Gasteiger partial charge in [0.25, 0.3) is 5.69 Å². The topological polar surface area (TPSA) is 80.0 Å². The van der Waals surface area contributed by atoms with Crippen molar-refractivity contribution in [2.75, 3.05) is 21.2 Å². The molecule has 138 valence electrons. The second kappa shape index (κ2) is 8.80. The number of ether oxygens (including phenoxy) is 1. The summed E-state index contributed by atoms with van der Waals surface area (Å²) in [4.78, 5) is 16.3. The third-order valence-corrected chi connectivity index (χ3v) is 3.81. The van der Waals surface area contributed by atoms with Crippen LogP contribution in [0.15, 0.2) is 47.5 Å². The second-order valence-corrected chi connectivity index (χ2v) is 5.65. The molecule has 0 spiro atoms.